The summed E-state index contributed by atoms with van der Waals surface area (Å²) in [5.41, 5.74) is -0.515. The number of amides is 2. The highest BCUT2D eigenvalue weighted by Gasteiger charge is 2.32. The minimum absolute atomic E-state index is 0.0335. The van der Waals surface area contributed by atoms with Crippen molar-refractivity contribution in [2.75, 3.05) is 38.4 Å². The number of hydrogen-bond acceptors (Lipinski definition) is 5. The van der Waals surface area contributed by atoms with Crippen molar-refractivity contribution in [3.63, 3.8) is 0 Å². The topological polar surface area (TPSA) is 109 Å². The summed E-state index contributed by atoms with van der Waals surface area (Å²) in [7, 11) is 1.43. The van der Waals surface area contributed by atoms with Crippen molar-refractivity contribution in [2.45, 2.75) is 19.1 Å². The number of nitrogens with one attached hydrogen (secondary N) is 1. The van der Waals surface area contributed by atoms with Crippen LogP contribution in [-0.2, 0) is 22.3 Å². The molecule has 0 radical (unpaired) electrons. The third-order valence-electron chi connectivity index (χ3n) is 5.59. The van der Waals surface area contributed by atoms with E-state index in [4.69, 9.17) is 9.47 Å². The van der Waals surface area contributed by atoms with Crippen molar-refractivity contribution in [3.8, 4) is 5.75 Å². The van der Waals surface area contributed by atoms with Crippen LogP contribution in [0.2, 0.25) is 0 Å². The third kappa shape index (κ3) is 5.11. The Morgan fingerprint density at radius 3 is 2.69 bits per heavy atom. The maximum Gasteiger partial charge on any atom is 0.416 e. The van der Waals surface area contributed by atoms with Crippen LogP contribution in [0.1, 0.15) is 22.3 Å². The largest absolute Gasteiger partial charge is 0.494 e. The number of fused-ring (bicyclic) bond motifs is 1. The van der Waals surface area contributed by atoms with Crippen LogP contribution in [0.5, 0.6) is 5.75 Å². The van der Waals surface area contributed by atoms with Gasteiger partial charge in [-0.15, -0.1) is 0 Å². The van der Waals surface area contributed by atoms with E-state index in [0.717, 1.165) is 0 Å². The van der Waals surface area contributed by atoms with Gasteiger partial charge in [-0.25, -0.2) is 4.39 Å². The Labute approximate surface area is 201 Å². The molecule has 36 heavy (non-hydrogen) atoms. The van der Waals surface area contributed by atoms with Crippen molar-refractivity contribution in [1.29, 1.82) is 0 Å². The summed E-state index contributed by atoms with van der Waals surface area (Å²) in [5, 5.41) is 9.32. The van der Waals surface area contributed by atoms with Gasteiger partial charge in [0.05, 0.1) is 36.0 Å². The van der Waals surface area contributed by atoms with Gasteiger partial charge >= 0.3 is 6.18 Å². The Kier molecular flexibility index (Phi) is 7.13. The molecule has 2 heterocycles. The number of benzene rings is 2. The van der Waals surface area contributed by atoms with E-state index in [0.29, 0.717) is 53.8 Å². The van der Waals surface area contributed by atoms with Gasteiger partial charge in [-0.05, 0) is 30.7 Å². The van der Waals surface area contributed by atoms with Crippen molar-refractivity contribution >= 4 is 28.5 Å². The lowest BCUT2D eigenvalue weighted by molar-refractivity contribution is -0.137. The number of aliphatic hydroxyl groups is 1. The van der Waals surface area contributed by atoms with Crippen molar-refractivity contribution in [1.82, 2.24) is 9.55 Å². The summed E-state index contributed by atoms with van der Waals surface area (Å²) in [6.07, 6.45) is -4.57. The molecule has 0 saturated carbocycles. The number of alkyl halides is 3. The van der Waals surface area contributed by atoms with Crippen molar-refractivity contribution in [3.05, 3.63) is 52.9 Å². The monoisotopic (exact) mass is 510 g/mol. The molecule has 9 nitrogen and oxygen atoms in total. The van der Waals surface area contributed by atoms with Gasteiger partial charge in [-0.3, -0.25) is 9.59 Å². The molecule has 0 aliphatic carbocycles. The SMILES string of the molecule is COc1cc2c(cc1N1CCOCC1=O)[nH]/c(=N\C(=O)c1cc(F)cc(C(F)(F)F)c1)n2CCCO. The fourth-order valence-corrected chi connectivity index (χ4v) is 3.91. The van der Waals surface area contributed by atoms with Gasteiger partial charge in [-0.1, -0.05) is 0 Å². The Balaban J connectivity index is 1.85. The maximum atomic E-state index is 13.8. The Morgan fingerprint density at radius 1 is 1.25 bits per heavy atom. The standard InChI is InChI=1S/C23H22F4N4O5/c1-35-19-11-17-16(10-18(19)30-4-6-36-12-20(30)33)28-22(31(17)3-2-5-32)29-21(34)13-7-14(23(25,26)27)9-15(24)8-13/h7-11,32H,2-6,12H2,1H3,(H,28,29,34). The molecule has 2 N–H and O–H groups in total. The van der Waals surface area contributed by atoms with Crippen LogP contribution < -0.4 is 15.3 Å². The van der Waals surface area contributed by atoms with Crippen LogP contribution in [0.4, 0.5) is 23.2 Å². The van der Waals surface area contributed by atoms with Gasteiger partial charge in [-0.2, -0.15) is 18.2 Å². The van der Waals surface area contributed by atoms with E-state index >= 15 is 0 Å². The molecule has 0 atom stereocenters. The highest BCUT2D eigenvalue weighted by Crippen LogP contribution is 2.33. The van der Waals surface area contributed by atoms with Gasteiger partial charge < -0.3 is 29.0 Å². The van der Waals surface area contributed by atoms with E-state index in [1.54, 1.807) is 16.7 Å². The molecule has 1 fully saturated rings. The molecule has 2 aromatic carbocycles. The van der Waals surface area contributed by atoms with E-state index in [1.807, 2.05) is 0 Å². The van der Waals surface area contributed by atoms with Crippen LogP contribution in [0.15, 0.2) is 35.3 Å². The summed E-state index contributed by atoms with van der Waals surface area (Å²) in [6, 6.07) is 4.74. The number of aliphatic hydroxyl groups excluding tert-OH is 1. The number of methoxy groups -OCH3 is 1. The van der Waals surface area contributed by atoms with Crippen LogP contribution in [0, 0.1) is 5.82 Å². The highest BCUT2D eigenvalue weighted by atomic mass is 19.4. The lowest BCUT2D eigenvalue weighted by atomic mass is 10.1. The Hall–Kier alpha value is -3.71. The first kappa shape index (κ1) is 25.4. The van der Waals surface area contributed by atoms with E-state index in [2.05, 4.69) is 9.98 Å². The smallest absolute Gasteiger partial charge is 0.416 e. The van der Waals surface area contributed by atoms with Gasteiger partial charge in [0.15, 0.2) is 0 Å². The Morgan fingerprint density at radius 2 is 2.03 bits per heavy atom. The molecule has 0 spiro atoms. The van der Waals surface area contributed by atoms with Crippen LogP contribution in [0.3, 0.4) is 0 Å². The zero-order chi connectivity index (χ0) is 26.0. The number of aryl methyl sites for hydroxylation is 1. The number of aromatic nitrogens is 2. The van der Waals surface area contributed by atoms with Gasteiger partial charge in [0.1, 0.15) is 18.2 Å². The summed E-state index contributed by atoms with van der Waals surface area (Å²) in [5.74, 6) is -2.24. The lowest BCUT2D eigenvalue weighted by Gasteiger charge is -2.28. The molecule has 13 heteroatoms. The zero-order valence-electron chi connectivity index (χ0n) is 19.1. The van der Waals surface area contributed by atoms with E-state index in [1.165, 1.54) is 12.0 Å². The number of halogens is 4. The molecule has 1 saturated heterocycles. The number of imidazole rings is 1. The second-order valence-corrected chi connectivity index (χ2v) is 7.96. The highest BCUT2D eigenvalue weighted by molar-refractivity contribution is 5.99. The third-order valence-corrected chi connectivity index (χ3v) is 5.59. The molecule has 1 aromatic heterocycles. The number of nitrogens with zero attached hydrogens (tertiary/aromatic N) is 3. The number of morpholine rings is 1. The molecule has 1 aliphatic heterocycles. The van der Waals surface area contributed by atoms with Gasteiger partial charge in [0.2, 0.25) is 5.62 Å². The summed E-state index contributed by atoms with van der Waals surface area (Å²) in [6.45, 7) is 0.548. The molecular formula is C23H22F4N4O5. The fraction of sp³-hybridized carbons (Fsp3) is 0.348. The lowest BCUT2D eigenvalue weighted by Crippen LogP contribution is -2.41. The predicted octanol–water partition coefficient (Wildman–Crippen LogP) is 2.62. The number of aromatic amines is 1. The predicted molar refractivity (Wildman–Crippen MR) is 119 cm³/mol. The first-order valence-electron chi connectivity index (χ1n) is 10.9. The van der Waals surface area contributed by atoms with E-state index in [-0.39, 0.29) is 37.7 Å². The Bertz CT molecular complexity index is 1380. The molecule has 4 rings (SSSR count). The fourth-order valence-electron chi connectivity index (χ4n) is 3.91. The van der Waals surface area contributed by atoms with Crippen LogP contribution in [0.25, 0.3) is 11.0 Å². The van der Waals surface area contributed by atoms with Crippen molar-refractivity contribution in [2.24, 2.45) is 4.99 Å². The zero-order valence-corrected chi connectivity index (χ0v) is 19.1. The van der Waals surface area contributed by atoms with E-state index < -0.39 is 29.0 Å². The minimum Gasteiger partial charge on any atom is -0.494 e. The number of carbonyl (C=O) groups is 2. The molecule has 1 aliphatic rings. The average molecular weight is 510 g/mol. The van der Waals surface area contributed by atoms with Crippen LogP contribution in [-0.4, -0.2) is 59.9 Å². The molecule has 2 amide bonds. The summed E-state index contributed by atoms with van der Waals surface area (Å²) in [4.78, 5) is 33.5. The van der Waals surface area contributed by atoms with Crippen molar-refractivity contribution < 1.29 is 41.7 Å². The number of H-pyrrole nitrogens is 1. The second-order valence-electron chi connectivity index (χ2n) is 7.96. The molecule has 0 unspecified atom stereocenters. The molecule has 3 aromatic rings. The quantitative estimate of drug-likeness (QED) is 0.496. The summed E-state index contributed by atoms with van der Waals surface area (Å²) >= 11 is 0. The first-order chi connectivity index (χ1) is 17.1. The molecular weight excluding hydrogens is 488 g/mol. The van der Waals surface area contributed by atoms with E-state index in [9.17, 15) is 32.3 Å². The van der Waals surface area contributed by atoms with Crippen LogP contribution >= 0.6 is 0 Å². The number of anilines is 1. The van der Waals surface area contributed by atoms with Gasteiger partial charge in [0, 0.05) is 31.3 Å². The van der Waals surface area contributed by atoms with Gasteiger partial charge in [0.25, 0.3) is 11.8 Å². The molecule has 192 valence electrons. The number of ether oxygens (including phenoxy) is 2. The number of rotatable bonds is 6. The maximum absolute atomic E-state index is 13.8. The molecule has 0 bridgehead atoms. The average Bonchev–Trinajstić information content (AvgIpc) is 3.16. The number of hydrogen-bond donors (Lipinski definition) is 2. The first-order valence-corrected chi connectivity index (χ1v) is 10.9. The summed E-state index contributed by atoms with van der Waals surface area (Å²) < 4.78 is 65.2. The minimum atomic E-state index is -4.84. The second kappa shape index (κ2) is 10.1. The normalized spacial score (nSPS) is 15.1. The number of carbonyl (C=O) groups excluding carboxylic acids is 2.